The molecule has 29 heavy (non-hydrogen) atoms. The maximum Gasteiger partial charge on any atom is 0.418 e. The minimum Gasteiger partial charge on any atom is -0.368 e. The van der Waals surface area contributed by atoms with Crippen LogP contribution in [0.1, 0.15) is 5.56 Å². The van der Waals surface area contributed by atoms with Crippen molar-refractivity contribution >= 4 is 23.1 Å². The highest BCUT2D eigenvalue weighted by Gasteiger charge is 2.33. The molecule has 0 saturated carbocycles. The summed E-state index contributed by atoms with van der Waals surface area (Å²) in [7, 11) is 0. The summed E-state index contributed by atoms with van der Waals surface area (Å²) in [5.74, 6) is 0.837. The fourth-order valence-corrected chi connectivity index (χ4v) is 3.38. The van der Waals surface area contributed by atoms with Crippen LogP contribution in [-0.4, -0.2) is 36.1 Å². The Labute approximate surface area is 166 Å². The molecule has 0 spiro atoms. The predicted molar refractivity (Wildman–Crippen MR) is 108 cm³/mol. The number of nitrogens with zero attached hydrogens (tertiary/aromatic N) is 4. The number of nitrogens with one attached hydrogen (secondary N) is 1. The monoisotopic (exact) mass is 399 g/mol. The number of benzene rings is 2. The van der Waals surface area contributed by atoms with Gasteiger partial charge in [0, 0.05) is 38.1 Å². The molecule has 1 aromatic heterocycles. The van der Waals surface area contributed by atoms with Crippen molar-refractivity contribution in [3.63, 3.8) is 0 Å². The van der Waals surface area contributed by atoms with E-state index in [0.717, 1.165) is 32.2 Å². The van der Waals surface area contributed by atoms with Gasteiger partial charge in [-0.25, -0.2) is 4.98 Å². The number of rotatable bonds is 4. The van der Waals surface area contributed by atoms with Gasteiger partial charge in [-0.2, -0.15) is 18.2 Å². The highest BCUT2D eigenvalue weighted by atomic mass is 19.4. The second kappa shape index (κ2) is 7.98. The lowest BCUT2D eigenvalue weighted by molar-refractivity contribution is -0.136. The second-order valence-corrected chi connectivity index (χ2v) is 6.72. The normalized spacial score (nSPS) is 14.7. The van der Waals surface area contributed by atoms with E-state index >= 15 is 0 Å². The number of alkyl halides is 3. The number of para-hydroxylation sites is 2. The molecule has 150 valence electrons. The standard InChI is InChI=1S/C21H20F3N5/c22-21(23,24)17-8-4-5-9-18(17)26-20-25-11-10-19(27-20)29-14-12-28(13-15-29)16-6-2-1-3-7-16/h1-11H,12-15H2,(H,25,26,27). The third-order valence-electron chi connectivity index (χ3n) is 4.84. The molecular weight excluding hydrogens is 379 g/mol. The highest BCUT2D eigenvalue weighted by Crippen LogP contribution is 2.35. The molecule has 1 aliphatic rings. The lowest BCUT2D eigenvalue weighted by atomic mass is 10.1. The van der Waals surface area contributed by atoms with Gasteiger partial charge < -0.3 is 15.1 Å². The van der Waals surface area contributed by atoms with Crippen LogP contribution in [0.15, 0.2) is 66.9 Å². The predicted octanol–water partition coefficient (Wildman–Crippen LogP) is 4.57. The van der Waals surface area contributed by atoms with Gasteiger partial charge in [0.05, 0.1) is 11.3 Å². The Balaban J connectivity index is 1.47. The molecule has 0 aliphatic carbocycles. The van der Waals surface area contributed by atoms with Gasteiger partial charge >= 0.3 is 6.18 Å². The Kier molecular flexibility index (Phi) is 5.24. The van der Waals surface area contributed by atoms with Crippen LogP contribution in [0.4, 0.5) is 36.3 Å². The van der Waals surface area contributed by atoms with Crippen LogP contribution in [0.3, 0.4) is 0 Å². The zero-order chi connectivity index (χ0) is 20.3. The molecule has 1 saturated heterocycles. The first-order valence-electron chi connectivity index (χ1n) is 9.32. The van der Waals surface area contributed by atoms with Crippen molar-refractivity contribution in [3.05, 3.63) is 72.4 Å². The fourth-order valence-electron chi connectivity index (χ4n) is 3.38. The first-order valence-corrected chi connectivity index (χ1v) is 9.32. The second-order valence-electron chi connectivity index (χ2n) is 6.72. The van der Waals surface area contributed by atoms with Gasteiger partial charge in [-0.1, -0.05) is 30.3 Å². The molecule has 2 heterocycles. The fraction of sp³-hybridized carbons (Fsp3) is 0.238. The van der Waals surface area contributed by atoms with E-state index in [1.165, 1.54) is 17.8 Å². The number of anilines is 4. The molecule has 0 unspecified atom stereocenters. The van der Waals surface area contributed by atoms with Crippen molar-refractivity contribution in [1.29, 1.82) is 0 Å². The number of hydrogen-bond donors (Lipinski definition) is 1. The Morgan fingerprint density at radius 1 is 0.793 bits per heavy atom. The third kappa shape index (κ3) is 4.42. The number of piperazine rings is 1. The molecule has 1 fully saturated rings. The van der Waals surface area contributed by atoms with Gasteiger partial charge in [0.25, 0.3) is 0 Å². The number of halogens is 3. The van der Waals surface area contributed by atoms with Crippen molar-refractivity contribution < 1.29 is 13.2 Å². The molecule has 0 atom stereocenters. The van der Waals surface area contributed by atoms with Gasteiger partial charge in [0.1, 0.15) is 5.82 Å². The van der Waals surface area contributed by atoms with E-state index in [-0.39, 0.29) is 11.6 Å². The third-order valence-corrected chi connectivity index (χ3v) is 4.84. The topological polar surface area (TPSA) is 44.3 Å². The number of aromatic nitrogens is 2. The van der Waals surface area contributed by atoms with Crippen molar-refractivity contribution in [2.75, 3.05) is 41.3 Å². The SMILES string of the molecule is FC(F)(F)c1ccccc1Nc1nccc(N2CCN(c3ccccc3)CC2)n1. The van der Waals surface area contributed by atoms with Crippen molar-refractivity contribution in [2.24, 2.45) is 0 Å². The van der Waals surface area contributed by atoms with E-state index in [2.05, 4.69) is 37.2 Å². The average molecular weight is 399 g/mol. The molecule has 1 N–H and O–H groups in total. The van der Waals surface area contributed by atoms with Crippen LogP contribution in [0.5, 0.6) is 0 Å². The Morgan fingerprint density at radius 2 is 1.45 bits per heavy atom. The van der Waals surface area contributed by atoms with Gasteiger partial charge in [0.15, 0.2) is 0 Å². The molecule has 4 rings (SSSR count). The van der Waals surface area contributed by atoms with E-state index < -0.39 is 11.7 Å². The van der Waals surface area contributed by atoms with Crippen molar-refractivity contribution in [2.45, 2.75) is 6.18 Å². The summed E-state index contributed by atoms with van der Waals surface area (Å²) >= 11 is 0. The zero-order valence-electron chi connectivity index (χ0n) is 15.6. The maximum absolute atomic E-state index is 13.2. The van der Waals surface area contributed by atoms with Gasteiger partial charge in [-0.3, -0.25) is 0 Å². The smallest absolute Gasteiger partial charge is 0.368 e. The molecule has 5 nitrogen and oxygen atoms in total. The summed E-state index contributed by atoms with van der Waals surface area (Å²) in [5, 5.41) is 2.71. The van der Waals surface area contributed by atoms with Crippen molar-refractivity contribution in [3.8, 4) is 0 Å². The van der Waals surface area contributed by atoms with Gasteiger partial charge in [0.2, 0.25) is 5.95 Å². The van der Waals surface area contributed by atoms with E-state index in [1.807, 2.05) is 18.2 Å². The highest BCUT2D eigenvalue weighted by molar-refractivity contribution is 5.60. The van der Waals surface area contributed by atoms with Gasteiger partial charge in [-0.15, -0.1) is 0 Å². The average Bonchev–Trinajstić information content (AvgIpc) is 2.74. The lowest BCUT2D eigenvalue weighted by Crippen LogP contribution is -2.46. The summed E-state index contributed by atoms with van der Waals surface area (Å²) in [6.07, 6.45) is -2.89. The van der Waals surface area contributed by atoms with Crippen LogP contribution in [-0.2, 0) is 6.18 Å². The largest absolute Gasteiger partial charge is 0.418 e. The van der Waals surface area contributed by atoms with E-state index in [4.69, 9.17) is 0 Å². The zero-order valence-corrected chi connectivity index (χ0v) is 15.6. The number of hydrogen-bond acceptors (Lipinski definition) is 5. The van der Waals surface area contributed by atoms with Crippen LogP contribution in [0.2, 0.25) is 0 Å². The molecule has 0 amide bonds. The molecule has 1 aliphatic heterocycles. The Hall–Kier alpha value is -3.29. The van der Waals surface area contributed by atoms with Crippen LogP contribution in [0, 0.1) is 0 Å². The first kappa shape index (κ1) is 19.0. The van der Waals surface area contributed by atoms with E-state index in [0.29, 0.717) is 5.82 Å². The first-order chi connectivity index (χ1) is 14.0. The lowest BCUT2D eigenvalue weighted by Gasteiger charge is -2.36. The molecular formula is C21H20F3N5. The van der Waals surface area contributed by atoms with Gasteiger partial charge in [-0.05, 0) is 30.3 Å². The summed E-state index contributed by atoms with van der Waals surface area (Å²) in [4.78, 5) is 12.9. The van der Waals surface area contributed by atoms with E-state index in [1.54, 1.807) is 18.3 Å². The summed E-state index contributed by atoms with van der Waals surface area (Å²) < 4.78 is 39.6. The molecule has 3 aromatic rings. The molecule has 0 bridgehead atoms. The quantitative estimate of drug-likeness (QED) is 0.697. The van der Waals surface area contributed by atoms with Crippen LogP contribution in [0.25, 0.3) is 0 Å². The van der Waals surface area contributed by atoms with Crippen LogP contribution >= 0.6 is 0 Å². The Morgan fingerprint density at radius 3 is 2.17 bits per heavy atom. The minimum absolute atomic E-state index is 0.0638. The summed E-state index contributed by atoms with van der Waals surface area (Å²) in [6, 6.07) is 17.3. The summed E-state index contributed by atoms with van der Waals surface area (Å²) in [6.45, 7) is 3.22. The molecule has 2 aromatic carbocycles. The Bertz CT molecular complexity index is 954. The maximum atomic E-state index is 13.2. The van der Waals surface area contributed by atoms with E-state index in [9.17, 15) is 13.2 Å². The van der Waals surface area contributed by atoms with Crippen LogP contribution < -0.4 is 15.1 Å². The minimum atomic E-state index is -4.45. The van der Waals surface area contributed by atoms with Crippen molar-refractivity contribution in [1.82, 2.24) is 9.97 Å². The molecule has 8 heteroatoms. The summed E-state index contributed by atoms with van der Waals surface area (Å²) in [5.41, 5.74) is 0.373. The molecule has 0 radical (unpaired) electrons.